The summed E-state index contributed by atoms with van der Waals surface area (Å²) in [6.07, 6.45) is 4.53. The van der Waals surface area contributed by atoms with Gasteiger partial charge in [-0.15, -0.1) is 0 Å². The summed E-state index contributed by atoms with van der Waals surface area (Å²) in [6, 6.07) is 8.63. The minimum Gasteiger partial charge on any atom is -0.377 e. The molecule has 1 spiro atoms. The monoisotopic (exact) mass is 296 g/mol. The fraction of sp³-hybridized carbons (Fsp3) is 0.500. The van der Waals surface area contributed by atoms with Gasteiger partial charge in [-0.25, -0.2) is 4.98 Å². The molecule has 1 N–H and O–H groups in total. The highest BCUT2D eigenvalue weighted by Crippen LogP contribution is 2.41. The summed E-state index contributed by atoms with van der Waals surface area (Å²) in [5.41, 5.74) is 1.72. The molecule has 1 atom stereocenters. The number of nitrogens with one attached hydrogen (secondary N) is 1. The van der Waals surface area contributed by atoms with Gasteiger partial charge in [0.15, 0.2) is 0 Å². The molecule has 4 nitrogen and oxygen atoms in total. The van der Waals surface area contributed by atoms with Crippen molar-refractivity contribution < 1.29 is 0 Å². The van der Waals surface area contributed by atoms with Crippen LogP contribution in [0.5, 0.6) is 0 Å². The van der Waals surface area contributed by atoms with Crippen molar-refractivity contribution in [2.75, 3.05) is 50.1 Å². The fourth-order valence-electron chi connectivity index (χ4n) is 4.06. The van der Waals surface area contributed by atoms with Gasteiger partial charge in [-0.05, 0) is 36.9 Å². The van der Waals surface area contributed by atoms with Gasteiger partial charge in [0, 0.05) is 56.4 Å². The maximum Gasteiger partial charge on any atom is 0.138 e. The Balaban J connectivity index is 1.79. The molecule has 0 radical (unpaired) electrons. The number of pyridine rings is 1. The van der Waals surface area contributed by atoms with E-state index in [1.54, 1.807) is 0 Å². The van der Waals surface area contributed by atoms with Crippen LogP contribution in [0.4, 0.5) is 11.5 Å². The van der Waals surface area contributed by atoms with Gasteiger partial charge < -0.3 is 15.1 Å². The molecular formula is C18H24N4. The molecule has 4 heteroatoms. The predicted molar refractivity (Wildman–Crippen MR) is 92.8 cm³/mol. The lowest BCUT2D eigenvalue weighted by Crippen LogP contribution is -2.29. The lowest BCUT2D eigenvalue weighted by molar-refractivity contribution is 0.369. The molecule has 116 valence electrons. The second kappa shape index (κ2) is 5.13. The van der Waals surface area contributed by atoms with E-state index in [9.17, 15) is 0 Å². The molecule has 2 aliphatic rings. The van der Waals surface area contributed by atoms with E-state index in [4.69, 9.17) is 4.98 Å². The molecule has 0 amide bonds. The number of hydrogen-bond donors (Lipinski definition) is 1. The van der Waals surface area contributed by atoms with Crippen LogP contribution >= 0.6 is 0 Å². The van der Waals surface area contributed by atoms with Crippen molar-refractivity contribution in [2.24, 2.45) is 5.41 Å². The van der Waals surface area contributed by atoms with E-state index in [1.807, 2.05) is 6.20 Å². The third kappa shape index (κ3) is 2.13. The van der Waals surface area contributed by atoms with Gasteiger partial charge in [-0.2, -0.15) is 0 Å². The number of hydrogen-bond acceptors (Lipinski definition) is 4. The average Bonchev–Trinajstić information content (AvgIpc) is 3.16. The standard InChI is InChI=1S/C18H24N4/c1-21(2)15-5-3-4-14-6-9-20-17(16(14)15)22-11-8-18(13-22)7-10-19-12-18/h3-6,9,19H,7-8,10-13H2,1-2H3. The number of rotatable bonds is 2. The number of anilines is 2. The van der Waals surface area contributed by atoms with Crippen LogP contribution in [0.1, 0.15) is 12.8 Å². The Labute approximate surface area is 132 Å². The average molecular weight is 296 g/mol. The Morgan fingerprint density at radius 3 is 2.91 bits per heavy atom. The summed E-state index contributed by atoms with van der Waals surface area (Å²) in [5, 5.41) is 6.11. The Kier molecular flexibility index (Phi) is 3.22. The second-order valence-corrected chi connectivity index (χ2v) is 7.00. The first-order valence-corrected chi connectivity index (χ1v) is 8.19. The summed E-state index contributed by atoms with van der Waals surface area (Å²) < 4.78 is 0. The van der Waals surface area contributed by atoms with Gasteiger partial charge in [-0.3, -0.25) is 0 Å². The van der Waals surface area contributed by atoms with E-state index in [0.717, 1.165) is 25.5 Å². The second-order valence-electron chi connectivity index (χ2n) is 7.00. The predicted octanol–water partition coefficient (Wildman–Crippen LogP) is 2.49. The van der Waals surface area contributed by atoms with Crippen molar-refractivity contribution in [3.05, 3.63) is 30.5 Å². The summed E-state index contributed by atoms with van der Waals surface area (Å²) >= 11 is 0. The topological polar surface area (TPSA) is 31.4 Å². The first kappa shape index (κ1) is 13.8. The highest BCUT2D eigenvalue weighted by molar-refractivity contribution is 6.02. The highest BCUT2D eigenvalue weighted by Gasteiger charge is 2.41. The Hall–Kier alpha value is -1.81. The van der Waals surface area contributed by atoms with Crippen LogP contribution in [0.2, 0.25) is 0 Å². The van der Waals surface area contributed by atoms with Crippen molar-refractivity contribution in [1.82, 2.24) is 10.3 Å². The zero-order chi connectivity index (χ0) is 15.2. The lowest BCUT2D eigenvalue weighted by Gasteiger charge is -2.25. The molecule has 1 aromatic carbocycles. The van der Waals surface area contributed by atoms with E-state index < -0.39 is 0 Å². The first-order chi connectivity index (χ1) is 10.7. The van der Waals surface area contributed by atoms with Crippen molar-refractivity contribution >= 4 is 22.3 Å². The van der Waals surface area contributed by atoms with Crippen molar-refractivity contribution in [3.63, 3.8) is 0 Å². The Morgan fingerprint density at radius 1 is 1.23 bits per heavy atom. The number of nitrogens with zero attached hydrogens (tertiary/aromatic N) is 3. The summed E-state index contributed by atoms with van der Waals surface area (Å²) in [5.74, 6) is 1.16. The zero-order valence-corrected chi connectivity index (χ0v) is 13.5. The van der Waals surface area contributed by atoms with Crippen LogP contribution in [0, 0.1) is 5.41 Å². The van der Waals surface area contributed by atoms with Crippen LogP contribution in [0.3, 0.4) is 0 Å². The summed E-state index contributed by atoms with van der Waals surface area (Å²) in [6.45, 7) is 4.58. The molecule has 2 fully saturated rings. The molecular weight excluding hydrogens is 272 g/mol. The van der Waals surface area contributed by atoms with Gasteiger partial charge in [0.2, 0.25) is 0 Å². The van der Waals surface area contributed by atoms with Crippen LogP contribution in [0.15, 0.2) is 30.5 Å². The third-order valence-electron chi connectivity index (χ3n) is 5.30. The SMILES string of the molecule is CN(C)c1cccc2ccnc(N3CCC4(CCNC4)C3)c12. The Morgan fingerprint density at radius 2 is 2.14 bits per heavy atom. The summed E-state index contributed by atoms with van der Waals surface area (Å²) in [4.78, 5) is 9.46. The number of aromatic nitrogens is 1. The molecule has 2 aromatic rings. The molecule has 22 heavy (non-hydrogen) atoms. The van der Waals surface area contributed by atoms with E-state index in [0.29, 0.717) is 5.41 Å². The molecule has 0 bridgehead atoms. The maximum atomic E-state index is 4.77. The van der Waals surface area contributed by atoms with Gasteiger partial charge >= 0.3 is 0 Å². The van der Waals surface area contributed by atoms with Crippen LogP contribution in [0.25, 0.3) is 10.8 Å². The molecule has 0 aliphatic carbocycles. The van der Waals surface area contributed by atoms with Gasteiger partial charge in [0.05, 0.1) is 0 Å². The maximum absolute atomic E-state index is 4.77. The normalized spacial score (nSPS) is 24.5. The summed E-state index contributed by atoms with van der Waals surface area (Å²) in [7, 11) is 4.22. The number of fused-ring (bicyclic) bond motifs is 1. The highest BCUT2D eigenvalue weighted by atomic mass is 15.2. The first-order valence-electron chi connectivity index (χ1n) is 8.19. The van der Waals surface area contributed by atoms with Gasteiger partial charge in [0.25, 0.3) is 0 Å². The van der Waals surface area contributed by atoms with Crippen LogP contribution in [-0.2, 0) is 0 Å². The minimum absolute atomic E-state index is 0.469. The van der Waals surface area contributed by atoms with Crippen molar-refractivity contribution in [1.29, 1.82) is 0 Å². The quantitative estimate of drug-likeness (QED) is 0.922. The van der Waals surface area contributed by atoms with E-state index in [-0.39, 0.29) is 0 Å². The fourth-order valence-corrected chi connectivity index (χ4v) is 4.06. The molecule has 3 heterocycles. The molecule has 0 saturated carbocycles. The third-order valence-corrected chi connectivity index (χ3v) is 5.30. The molecule has 1 unspecified atom stereocenters. The lowest BCUT2D eigenvalue weighted by atomic mass is 9.86. The van der Waals surface area contributed by atoms with E-state index in [1.165, 1.54) is 35.8 Å². The minimum atomic E-state index is 0.469. The van der Waals surface area contributed by atoms with Gasteiger partial charge in [0.1, 0.15) is 5.82 Å². The molecule has 1 aromatic heterocycles. The zero-order valence-electron chi connectivity index (χ0n) is 13.5. The van der Waals surface area contributed by atoms with E-state index >= 15 is 0 Å². The number of benzene rings is 1. The van der Waals surface area contributed by atoms with Crippen LogP contribution < -0.4 is 15.1 Å². The van der Waals surface area contributed by atoms with Crippen molar-refractivity contribution in [2.45, 2.75) is 12.8 Å². The molecule has 4 rings (SSSR count). The Bertz CT molecular complexity index is 683. The van der Waals surface area contributed by atoms with Crippen molar-refractivity contribution in [3.8, 4) is 0 Å². The smallest absolute Gasteiger partial charge is 0.138 e. The largest absolute Gasteiger partial charge is 0.377 e. The molecule has 2 saturated heterocycles. The van der Waals surface area contributed by atoms with Crippen LogP contribution in [-0.4, -0.2) is 45.3 Å². The molecule has 2 aliphatic heterocycles. The van der Waals surface area contributed by atoms with Gasteiger partial charge in [-0.1, -0.05) is 12.1 Å². The van der Waals surface area contributed by atoms with E-state index in [2.05, 4.69) is 53.5 Å².